The highest BCUT2D eigenvalue weighted by Gasteiger charge is 2.47. The summed E-state index contributed by atoms with van der Waals surface area (Å²) < 4.78 is 5.21. The number of likely N-dealkylation sites (tertiary alicyclic amines) is 1. The number of rotatable bonds is 2. The van der Waals surface area contributed by atoms with Gasteiger partial charge in [-0.15, -0.1) is 6.42 Å². The van der Waals surface area contributed by atoms with Crippen LogP contribution < -0.4 is 0 Å². The number of nitrogens with zero attached hydrogens (tertiary/aromatic N) is 1. The number of carbonyl (C=O) groups excluding carboxylic acids is 2. The fourth-order valence-corrected chi connectivity index (χ4v) is 1.73. The maximum atomic E-state index is 11.7. The fraction of sp³-hybridized carbons (Fsp3) is 0.692. The third kappa shape index (κ3) is 3.23. The Morgan fingerprint density at radius 2 is 1.94 bits per heavy atom. The molecule has 1 amide bonds. The van der Waals surface area contributed by atoms with Gasteiger partial charge in [0.25, 0.3) is 0 Å². The molecule has 4 heteroatoms. The Kier molecular flexibility index (Phi) is 3.51. The summed E-state index contributed by atoms with van der Waals surface area (Å²) in [6.07, 6.45) is 4.86. The first-order chi connectivity index (χ1) is 7.68. The molecule has 1 fully saturated rings. The first-order valence-electron chi connectivity index (χ1n) is 5.63. The van der Waals surface area contributed by atoms with Crippen LogP contribution in [0.4, 0.5) is 4.79 Å². The highest BCUT2D eigenvalue weighted by atomic mass is 16.6. The molecule has 0 saturated carbocycles. The Morgan fingerprint density at radius 1 is 1.41 bits per heavy atom. The Bertz CT molecular complexity index is 367. The molecule has 0 aromatic rings. The van der Waals surface area contributed by atoms with Crippen LogP contribution in [0.3, 0.4) is 0 Å². The Labute approximate surface area is 102 Å². The molecule has 0 spiro atoms. The zero-order valence-corrected chi connectivity index (χ0v) is 10.9. The average Bonchev–Trinajstić information content (AvgIpc) is 2.10. The lowest BCUT2D eigenvalue weighted by atomic mass is 9.77. The molecule has 1 rings (SSSR count). The molecule has 0 unspecified atom stereocenters. The maximum Gasteiger partial charge on any atom is 0.410 e. The van der Waals surface area contributed by atoms with Crippen LogP contribution in [0, 0.1) is 17.8 Å². The minimum Gasteiger partial charge on any atom is -0.444 e. The summed E-state index contributed by atoms with van der Waals surface area (Å²) in [5, 5.41) is 0. The summed E-state index contributed by atoms with van der Waals surface area (Å²) >= 11 is 0. The number of carbonyl (C=O) groups is 2. The standard InChI is InChI=1S/C13H19NO3/c1-6-7-10(15)13(5)8-14(9-13)11(16)17-12(2,3)4/h1H,7-9H2,2-5H3. The second-order valence-corrected chi connectivity index (χ2v) is 5.70. The SMILES string of the molecule is C#CCC(=O)C1(C)CN(C(=O)OC(C)(C)C)C1. The van der Waals surface area contributed by atoms with Gasteiger partial charge in [0.1, 0.15) is 5.60 Å². The van der Waals surface area contributed by atoms with E-state index in [9.17, 15) is 9.59 Å². The lowest BCUT2D eigenvalue weighted by Gasteiger charge is -2.46. The van der Waals surface area contributed by atoms with Crippen LogP contribution in [0.2, 0.25) is 0 Å². The Balaban J connectivity index is 2.49. The maximum absolute atomic E-state index is 11.7. The molecule has 1 saturated heterocycles. The summed E-state index contributed by atoms with van der Waals surface area (Å²) in [6, 6.07) is 0. The van der Waals surface area contributed by atoms with Crippen LogP contribution in [0.1, 0.15) is 34.1 Å². The van der Waals surface area contributed by atoms with Crippen molar-refractivity contribution in [1.29, 1.82) is 0 Å². The quantitative estimate of drug-likeness (QED) is 0.688. The molecule has 4 nitrogen and oxygen atoms in total. The summed E-state index contributed by atoms with van der Waals surface area (Å²) in [4.78, 5) is 24.9. The summed E-state index contributed by atoms with van der Waals surface area (Å²) in [5.41, 5.74) is -1.00. The minimum atomic E-state index is -0.508. The molecule has 0 N–H and O–H groups in total. The third-order valence-corrected chi connectivity index (χ3v) is 2.67. The van der Waals surface area contributed by atoms with E-state index in [0.717, 1.165) is 0 Å². The average molecular weight is 237 g/mol. The van der Waals surface area contributed by atoms with Crippen molar-refractivity contribution in [3.8, 4) is 12.3 Å². The van der Waals surface area contributed by atoms with Crippen LogP contribution in [-0.4, -0.2) is 35.5 Å². The van der Waals surface area contributed by atoms with Crippen molar-refractivity contribution in [2.75, 3.05) is 13.1 Å². The lowest BCUT2D eigenvalue weighted by Crippen LogP contribution is -2.61. The fourth-order valence-electron chi connectivity index (χ4n) is 1.73. The molecule has 0 radical (unpaired) electrons. The third-order valence-electron chi connectivity index (χ3n) is 2.67. The second-order valence-electron chi connectivity index (χ2n) is 5.70. The molecular weight excluding hydrogens is 218 g/mol. The van der Waals surface area contributed by atoms with E-state index in [1.165, 1.54) is 4.90 Å². The van der Waals surface area contributed by atoms with Crippen LogP contribution in [-0.2, 0) is 9.53 Å². The van der Waals surface area contributed by atoms with Crippen LogP contribution in [0.5, 0.6) is 0 Å². The highest BCUT2D eigenvalue weighted by molar-refractivity contribution is 5.89. The largest absolute Gasteiger partial charge is 0.444 e. The zero-order chi connectivity index (χ0) is 13.3. The van der Waals surface area contributed by atoms with Gasteiger partial charge in [-0.25, -0.2) is 4.79 Å². The molecule has 1 aliphatic rings. The number of hydrogen-bond donors (Lipinski definition) is 0. The topological polar surface area (TPSA) is 46.6 Å². The number of Topliss-reactive ketones (excluding diaryl/α,β-unsaturated/α-hetero) is 1. The van der Waals surface area contributed by atoms with Gasteiger partial charge in [-0.05, 0) is 27.7 Å². The van der Waals surface area contributed by atoms with Crippen molar-refractivity contribution in [3.63, 3.8) is 0 Å². The number of ether oxygens (including phenoxy) is 1. The van der Waals surface area contributed by atoms with Crippen molar-refractivity contribution in [3.05, 3.63) is 0 Å². The van der Waals surface area contributed by atoms with E-state index in [1.807, 2.05) is 27.7 Å². The van der Waals surface area contributed by atoms with Gasteiger partial charge in [0, 0.05) is 13.1 Å². The molecule has 0 aromatic heterocycles. The second kappa shape index (κ2) is 4.40. The van der Waals surface area contributed by atoms with Crippen molar-refractivity contribution < 1.29 is 14.3 Å². The van der Waals surface area contributed by atoms with Crippen molar-refractivity contribution in [2.45, 2.75) is 39.7 Å². The molecule has 0 bridgehead atoms. The smallest absolute Gasteiger partial charge is 0.410 e. The summed E-state index contributed by atoms with van der Waals surface area (Å²) in [6.45, 7) is 8.05. The van der Waals surface area contributed by atoms with E-state index < -0.39 is 11.0 Å². The van der Waals surface area contributed by atoms with Crippen molar-refractivity contribution in [2.24, 2.45) is 5.41 Å². The van der Waals surface area contributed by atoms with Crippen molar-refractivity contribution in [1.82, 2.24) is 4.90 Å². The highest BCUT2D eigenvalue weighted by Crippen LogP contribution is 2.32. The molecular formula is C13H19NO3. The minimum absolute atomic E-state index is 0.0137. The summed E-state index contributed by atoms with van der Waals surface area (Å²) in [7, 11) is 0. The summed E-state index contributed by atoms with van der Waals surface area (Å²) in [5.74, 6) is 2.35. The molecule has 0 atom stereocenters. The van der Waals surface area contributed by atoms with E-state index in [2.05, 4.69) is 5.92 Å². The van der Waals surface area contributed by atoms with Crippen LogP contribution in [0.15, 0.2) is 0 Å². The van der Waals surface area contributed by atoms with Crippen molar-refractivity contribution >= 4 is 11.9 Å². The first-order valence-corrected chi connectivity index (χ1v) is 5.63. The Hall–Kier alpha value is -1.50. The molecule has 1 aliphatic heterocycles. The van der Waals surface area contributed by atoms with Gasteiger partial charge in [0.2, 0.25) is 0 Å². The van der Waals surface area contributed by atoms with Gasteiger partial charge >= 0.3 is 6.09 Å². The van der Waals surface area contributed by atoms with Gasteiger partial charge in [0.15, 0.2) is 5.78 Å². The molecule has 17 heavy (non-hydrogen) atoms. The monoisotopic (exact) mass is 237 g/mol. The predicted octanol–water partition coefficient (Wildman–Crippen LogP) is 1.84. The molecule has 94 valence electrons. The first kappa shape index (κ1) is 13.6. The van der Waals surface area contributed by atoms with E-state index in [1.54, 1.807) is 0 Å². The number of terminal acetylenes is 1. The van der Waals surface area contributed by atoms with Gasteiger partial charge in [-0.2, -0.15) is 0 Å². The van der Waals surface area contributed by atoms with Gasteiger partial charge in [-0.1, -0.05) is 5.92 Å². The van der Waals surface area contributed by atoms with Gasteiger partial charge in [-0.3, -0.25) is 4.79 Å². The van der Waals surface area contributed by atoms with E-state index in [4.69, 9.17) is 11.2 Å². The molecule has 0 aromatic carbocycles. The van der Waals surface area contributed by atoms with E-state index in [0.29, 0.717) is 13.1 Å². The number of hydrogen-bond acceptors (Lipinski definition) is 3. The number of ketones is 1. The number of amides is 1. The molecule has 1 heterocycles. The Morgan fingerprint density at radius 3 is 2.35 bits per heavy atom. The van der Waals surface area contributed by atoms with Crippen LogP contribution in [0.25, 0.3) is 0 Å². The van der Waals surface area contributed by atoms with Gasteiger partial charge in [0.05, 0.1) is 11.8 Å². The van der Waals surface area contributed by atoms with E-state index >= 15 is 0 Å². The van der Waals surface area contributed by atoms with E-state index in [-0.39, 0.29) is 18.3 Å². The predicted molar refractivity (Wildman–Crippen MR) is 64.4 cm³/mol. The normalized spacial score (nSPS) is 17.9. The molecule has 0 aliphatic carbocycles. The van der Waals surface area contributed by atoms with Gasteiger partial charge < -0.3 is 9.64 Å². The lowest BCUT2D eigenvalue weighted by molar-refractivity contribution is -0.135. The van der Waals surface area contributed by atoms with Crippen LogP contribution >= 0.6 is 0 Å². The zero-order valence-electron chi connectivity index (χ0n) is 10.9.